The molecule has 23 heavy (non-hydrogen) atoms. The van der Waals surface area contributed by atoms with E-state index in [1.807, 2.05) is 6.92 Å². The molecule has 0 aromatic rings. The zero-order chi connectivity index (χ0) is 17.6. The highest BCUT2D eigenvalue weighted by molar-refractivity contribution is 6.77. The van der Waals surface area contributed by atoms with Gasteiger partial charge in [-0.2, -0.15) is 0 Å². The minimum atomic E-state index is -1.79. The van der Waals surface area contributed by atoms with E-state index in [0.29, 0.717) is 41.0 Å². The molecule has 1 saturated heterocycles. The van der Waals surface area contributed by atoms with Crippen LogP contribution in [-0.2, 0) is 9.16 Å². The molecule has 0 bridgehead atoms. The topological polar surface area (TPSA) is 38.7 Å². The van der Waals surface area contributed by atoms with Crippen LogP contribution < -0.4 is 0 Å². The number of rotatable bonds is 6. The Bertz CT molecular complexity index is 384. The molecule has 136 valence electrons. The Labute approximate surface area is 144 Å². The molecule has 1 saturated carbocycles. The first kappa shape index (κ1) is 19.4. The summed E-state index contributed by atoms with van der Waals surface area (Å²) in [6.07, 6.45) is 1.14. The van der Waals surface area contributed by atoms with Crippen molar-refractivity contribution in [1.82, 2.24) is 0 Å². The highest BCUT2D eigenvalue weighted by Crippen LogP contribution is 2.52. The van der Waals surface area contributed by atoms with Crippen LogP contribution >= 0.6 is 0 Å². The van der Waals surface area contributed by atoms with E-state index in [4.69, 9.17) is 9.16 Å². The van der Waals surface area contributed by atoms with Gasteiger partial charge in [-0.3, -0.25) is 0 Å². The average molecular weight is 343 g/mol. The Kier molecular flexibility index (Phi) is 5.72. The molecule has 1 unspecified atom stereocenters. The van der Waals surface area contributed by atoms with Crippen LogP contribution in [0.4, 0.5) is 0 Å². The summed E-state index contributed by atoms with van der Waals surface area (Å²) in [5.41, 5.74) is 1.89. The summed E-state index contributed by atoms with van der Waals surface area (Å²) in [5, 5.41) is 10.5. The first-order valence-electron chi connectivity index (χ1n) is 9.54. The van der Waals surface area contributed by atoms with E-state index in [2.05, 4.69) is 48.5 Å². The van der Waals surface area contributed by atoms with Crippen LogP contribution in [0, 0.1) is 23.7 Å². The lowest BCUT2D eigenvalue weighted by molar-refractivity contribution is -0.189. The van der Waals surface area contributed by atoms with E-state index < -0.39 is 14.1 Å². The van der Waals surface area contributed by atoms with Gasteiger partial charge in [0.25, 0.3) is 0 Å². The van der Waals surface area contributed by atoms with Crippen LogP contribution in [0.5, 0.6) is 0 Å². The molecule has 2 aliphatic rings. The van der Waals surface area contributed by atoms with E-state index in [1.165, 1.54) is 0 Å². The normalized spacial score (nSPS) is 38.1. The summed E-state index contributed by atoms with van der Waals surface area (Å²) in [5.74, 6) is 0.854. The van der Waals surface area contributed by atoms with Gasteiger partial charge in [0.1, 0.15) is 0 Å². The van der Waals surface area contributed by atoms with Crippen molar-refractivity contribution in [3.8, 4) is 0 Å². The minimum absolute atomic E-state index is 0.268. The third kappa shape index (κ3) is 3.29. The summed E-state index contributed by atoms with van der Waals surface area (Å²) >= 11 is 0. The molecule has 5 atom stereocenters. The van der Waals surface area contributed by atoms with Gasteiger partial charge >= 0.3 is 0 Å². The van der Waals surface area contributed by atoms with E-state index in [9.17, 15) is 5.11 Å². The second-order valence-corrected chi connectivity index (χ2v) is 14.6. The first-order valence-corrected chi connectivity index (χ1v) is 11.7. The van der Waals surface area contributed by atoms with Crippen LogP contribution in [0.15, 0.2) is 0 Å². The molecule has 4 heteroatoms. The van der Waals surface area contributed by atoms with Crippen molar-refractivity contribution in [2.75, 3.05) is 13.2 Å². The van der Waals surface area contributed by atoms with Crippen LogP contribution in [0.1, 0.15) is 61.8 Å². The number of fused-ring (bicyclic) bond motifs is 1. The molecule has 3 nitrogen and oxygen atoms in total. The van der Waals surface area contributed by atoms with Gasteiger partial charge in [-0.25, -0.2) is 0 Å². The monoisotopic (exact) mass is 342 g/mol. The van der Waals surface area contributed by atoms with Crippen molar-refractivity contribution in [1.29, 1.82) is 0 Å². The summed E-state index contributed by atoms with van der Waals surface area (Å²) in [7, 11) is -1.79. The van der Waals surface area contributed by atoms with Gasteiger partial charge in [0.05, 0.1) is 6.61 Å². The maximum absolute atomic E-state index is 10.5. The summed E-state index contributed by atoms with van der Waals surface area (Å²) in [6.45, 7) is 19.8. The Balaban J connectivity index is 2.08. The molecule has 0 aromatic heterocycles. The molecular formula is C19H38O3Si. The average Bonchev–Trinajstić information content (AvgIpc) is 2.88. The highest BCUT2D eigenvalue weighted by Gasteiger charge is 2.55. The number of hydrogen-bond donors (Lipinski definition) is 1. The van der Waals surface area contributed by atoms with Crippen LogP contribution in [0.25, 0.3) is 0 Å². The molecule has 0 aromatic carbocycles. The maximum Gasteiger partial charge on any atom is 0.200 e. The summed E-state index contributed by atoms with van der Waals surface area (Å²) in [6, 6.07) is 0. The van der Waals surface area contributed by atoms with Crippen molar-refractivity contribution in [2.45, 2.75) is 84.2 Å². The molecule has 0 radical (unpaired) electrons. The third-order valence-corrected chi connectivity index (χ3v) is 13.0. The molecule has 2 fully saturated rings. The lowest BCUT2D eigenvalue weighted by Crippen LogP contribution is -2.49. The standard InChI is InChI=1S/C19H38O3Si/c1-12(2)23(13(3)4,14(5)6)22-11-16-9-17-10-21-19(8,20)18(17)15(16)7/h12-18,20H,9-11H2,1-8H3/t15-,16-,17+,18+,19?/m1/s1. The fourth-order valence-electron chi connectivity index (χ4n) is 5.91. The SMILES string of the molecule is CC(C)[Si](OC[C@H]1C[C@H]2COC(C)(O)[C@H]2[C@@H]1C)(C(C)C)C(C)C. The van der Waals surface area contributed by atoms with Crippen LogP contribution in [-0.4, -0.2) is 32.4 Å². The Morgan fingerprint density at radius 2 is 1.65 bits per heavy atom. The zero-order valence-electron chi connectivity index (χ0n) is 16.4. The second-order valence-electron chi connectivity index (χ2n) is 9.14. The smallest absolute Gasteiger partial charge is 0.200 e. The molecule has 1 aliphatic heterocycles. The lowest BCUT2D eigenvalue weighted by Gasteiger charge is -2.43. The summed E-state index contributed by atoms with van der Waals surface area (Å²) in [4.78, 5) is 0. The molecule has 1 N–H and O–H groups in total. The predicted octanol–water partition coefficient (Wildman–Crippen LogP) is 4.81. The van der Waals surface area contributed by atoms with Gasteiger partial charge in [0.2, 0.25) is 0 Å². The van der Waals surface area contributed by atoms with E-state index in [-0.39, 0.29) is 5.92 Å². The number of ether oxygens (including phenoxy) is 1. The molecule has 2 rings (SSSR count). The zero-order valence-corrected chi connectivity index (χ0v) is 17.4. The van der Waals surface area contributed by atoms with E-state index in [0.717, 1.165) is 13.0 Å². The second kappa shape index (κ2) is 6.78. The first-order chi connectivity index (χ1) is 10.5. The summed E-state index contributed by atoms with van der Waals surface area (Å²) < 4.78 is 12.4. The van der Waals surface area contributed by atoms with Crippen molar-refractivity contribution in [3.63, 3.8) is 0 Å². The van der Waals surface area contributed by atoms with E-state index in [1.54, 1.807) is 0 Å². The quantitative estimate of drug-likeness (QED) is 0.704. The number of hydrogen-bond acceptors (Lipinski definition) is 3. The number of aliphatic hydroxyl groups is 1. The largest absolute Gasteiger partial charge is 0.416 e. The Morgan fingerprint density at radius 1 is 1.13 bits per heavy atom. The van der Waals surface area contributed by atoms with Crippen molar-refractivity contribution >= 4 is 8.32 Å². The Morgan fingerprint density at radius 3 is 2.09 bits per heavy atom. The Hall–Kier alpha value is 0.0969. The van der Waals surface area contributed by atoms with Crippen molar-refractivity contribution in [2.24, 2.45) is 23.7 Å². The van der Waals surface area contributed by atoms with Crippen molar-refractivity contribution in [3.05, 3.63) is 0 Å². The van der Waals surface area contributed by atoms with Gasteiger partial charge in [-0.1, -0.05) is 48.5 Å². The van der Waals surface area contributed by atoms with Gasteiger partial charge in [-0.15, -0.1) is 0 Å². The fourth-order valence-corrected chi connectivity index (χ4v) is 11.4. The van der Waals surface area contributed by atoms with E-state index >= 15 is 0 Å². The maximum atomic E-state index is 10.5. The highest BCUT2D eigenvalue weighted by atomic mass is 28.4. The minimum Gasteiger partial charge on any atom is -0.416 e. The van der Waals surface area contributed by atoms with Crippen LogP contribution in [0.2, 0.25) is 16.6 Å². The molecule has 1 heterocycles. The lowest BCUT2D eigenvalue weighted by atomic mass is 9.84. The van der Waals surface area contributed by atoms with Gasteiger partial charge in [-0.05, 0) is 47.7 Å². The van der Waals surface area contributed by atoms with Crippen molar-refractivity contribution < 1.29 is 14.3 Å². The molecule has 0 amide bonds. The third-order valence-electron chi connectivity index (χ3n) is 6.89. The van der Waals surface area contributed by atoms with Gasteiger partial charge in [0.15, 0.2) is 14.1 Å². The molecule has 1 aliphatic carbocycles. The predicted molar refractivity (Wildman–Crippen MR) is 97.8 cm³/mol. The van der Waals surface area contributed by atoms with Crippen LogP contribution in [0.3, 0.4) is 0 Å². The van der Waals surface area contributed by atoms with Gasteiger partial charge in [0, 0.05) is 12.5 Å². The fraction of sp³-hybridized carbons (Fsp3) is 1.00. The molecular weight excluding hydrogens is 304 g/mol. The van der Waals surface area contributed by atoms with Gasteiger partial charge < -0.3 is 14.3 Å². The molecule has 0 spiro atoms.